The number of ether oxygens (including phenoxy) is 2. The minimum absolute atomic E-state index is 0.163. The van der Waals surface area contributed by atoms with Gasteiger partial charge in [0.25, 0.3) is 5.91 Å². The first kappa shape index (κ1) is 19.4. The summed E-state index contributed by atoms with van der Waals surface area (Å²) in [5, 5.41) is 4.10. The molecule has 0 saturated heterocycles. The summed E-state index contributed by atoms with van der Waals surface area (Å²) in [6.07, 6.45) is 1.82. The van der Waals surface area contributed by atoms with Gasteiger partial charge in [-0.05, 0) is 53.6 Å². The third kappa shape index (κ3) is 4.24. The fraction of sp³-hybridized carbons (Fsp3) is 0.0870. The molecule has 146 valence electrons. The quantitative estimate of drug-likeness (QED) is 0.504. The number of methoxy groups -OCH3 is 1. The van der Waals surface area contributed by atoms with Gasteiger partial charge in [-0.25, -0.2) is 0 Å². The summed E-state index contributed by atoms with van der Waals surface area (Å²) < 4.78 is 11.4. The number of nitrogens with one attached hydrogen (secondary N) is 1. The van der Waals surface area contributed by atoms with Gasteiger partial charge in [0.1, 0.15) is 6.61 Å². The summed E-state index contributed by atoms with van der Waals surface area (Å²) in [4.78, 5) is 12.4. The number of halogens is 2. The van der Waals surface area contributed by atoms with E-state index in [1.165, 1.54) is 0 Å². The summed E-state index contributed by atoms with van der Waals surface area (Å²) >= 11 is 11.9. The van der Waals surface area contributed by atoms with Crippen molar-refractivity contribution in [3.8, 4) is 11.5 Å². The van der Waals surface area contributed by atoms with Crippen molar-refractivity contribution in [1.29, 1.82) is 0 Å². The third-order valence-electron chi connectivity index (χ3n) is 4.57. The molecule has 4 nitrogen and oxygen atoms in total. The van der Waals surface area contributed by atoms with Crippen LogP contribution < -0.4 is 14.8 Å². The molecule has 1 amide bonds. The van der Waals surface area contributed by atoms with Gasteiger partial charge in [-0.1, -0.05) is 47.5 Å². The van der Waals surface area contributed by atoms with Crippen LogP contribution in [0.1, 0.15) is 16.7 Å². The summed E-state index contributed by atoms with van der Waals surface area (Å²) in [6.45, 7) is 0.393. The van der Waals surface area contributed by atoms with Gasteiger partial charge in [0.2, 0.25) is 0 Å². The number of carbonyl (C=O) groups excluding carboxylic acids is 1. The van der Waals surface area contributed by atoms with Crippen LogP contribution in [0.3, 0.4) is 0 Å². The Labute approximate surface area is 178 Å². The van der Waals surface area contributed by atoms with Crippen LogP contribution >= 0.6 is 23.2 Å². The molecule has 0 bridgehead atoms. The van der Waals surface area contributed by atoms with Crippen molar-refractivity contribution in [2.75, 3.05) is 12.4 Å². The average Bonchev–Trinajstić information content (AvgIpc) is 3.02. The molecule has 1 aliphatic rings. The number of rotatable bonds is 5. The number of fused-ring (bicyclic) bond motifs is 1. The lowest BCUT2D eigenvalue weighted by Crippen LogP contribution is -2.03. The van der Waals surface area contributed by atoms with Crippen LogP contribution in [0.2, 0.25) is 10.0 Å². The Kier molecular flexibility index (Phi) is 5.47. The van der Waals surface area contributed by atoms with E-state index in [0.717, 1.165) is 16.7 Å². The first-order chi connectivity index (χ1) is 14.0. The van der Waals surface area contributed by atoms with E-state index in [1.807, 2.05) is 54.6 Å². The maximum Gasteiger partial charge on any atom is 0.256 e. The van der Waals surface area contributed by atoms with Gasteiger partial charge in [-0.15, -0.1) is 0 Å². The molecule has 3 aromatic rings. The lowest BCUT2D eigenvalue weighted by atomic mass is 10.0. The molecule has 0 atom stereocenters. The van der Waals surface area contributed by atoms with Crippen LogP contribution in [0.4, 0.5) is 5.69 Å². The Morgan fingerprint density at radius 3 is 2.45 bits per heavy atom. The molecule has 0 aromatic heterocycles. The summed E-state index contributed by atoms with van der Waals surface area (Å²) in [5.41, 5.74) is 3.94. The predicted octanol–water partition coefficient (Wildman–Crippen LogP) is 6.07. The van der Waals surface area contributed by atoms with E-state index < -0.39 is 0 Å². The number of carbonyl (C=O) groups is 1. The summed E-state index contributed by atoms with van der Waals surface area (Å²) in [7, 11) is 1.58. The lowest BCUT2D eigenvalue weighted by Gasteiger charge is -2.12. The molecular formula is C23H17Cl2NO3. The maximum absolute atomic E-state index is 12.4. The third-order valence-corrected chi connectivity index (χ3v) is 5.06. The second kappa shape index (κ2) is 8.19. The molecule has 0 spiro atoms. The van der Waals surface area contributed by atoms with Gasteiger partial charge in [-0.2, -0.15) is 0 Å². The second-order valence-corrected chi connectivity index (χ2v) is 7.40. The molecule has 0 aliphatic carbocycles. The SMILES string of the molecule is COc1cc(/C=C2/C(=O)Nc3cc(Cl)ccc32)ccc1OCc1ccc(Cl)cc1. The highest BCUT2D eigenvalue weighted by Crippen LogP contribution is 2.36. The molecular weight excluding hydrogens is 409 g/mol. The summed E-state index contributed by atoms with van der Waals surface area (Å²) in [5.74, 6) is 1.04. The van der Waals surface area contributed by atoms with Crippen molar-refractivity contribution in [1.82, 2.24) is 0 Å². The largest absolute Gasteiger partial charge is 0.493 e. The molecule has 1 aliphatic heterocycles. The number of hydrogen-bond donors (Lipinski definition) is 1. The maximum atomic E-state index is 12.4. The van der Waals surface area contributed by atoms with E-state index in [4.69, 9.17) is 32.7 Å². The van der Waals surface area contributed by atoms with Crippen molar-refractivity contribution in [2.45, 2.75) is 6.61 Å². The van der Waals surface area contributed by atoms with Crippen molar-refractivity contribution in [3.05, 3.63) is 87.4 Å². The Balaban J connectivity index is 1.58. The average molecular weight is 426 g/mol. The van der Waals surface area contributed by atoms with E-state index in [2.05, 4.69) is 5.32 Å². The molecule has 0 radical (unpaired) electrons. The van der Waals surface area contributed by atoms with Crippen LogP contribution in [0, 0.1) is 0 Å². The van der Waals surface area contributed by atoms with Gasteiger partial charge in [-0.3, -0.25) is 4.79 Å². The van der Waals surface area contributed by atoms with Crippen LogP contribution in [0.5, 0.6) is 11.5 Å². The van der Waals surface area contributed by atoms with Crippen molar-refractivity contribution >= 4 is 46.4 Å². The number of anilines is 1. The molecule has 29 heavy (non-hydrogen) atoms. The molecule has 1 heterocycles. The van der Waals surface area contributed by atoms with Crippen molar-refractivity contribution in [2.24, 2.45) is 0 Å². The zero-order chi connectivity index (χ0) is 20.4. The van der Waals surface area contributed by atoms with E-state index in [-0.39, 0.29) is 5.91 Å². The number of amides is 1. The highest BCUT2D eigenvalue weighted by Gasteiger charge is 2.24. The van der Waals surface area contributed by atoms with Gasteiger partial charge < -0.3 is 14.8 Å². The topological polar surface area (TPSA) is 47.6 Å². The van der Waals surface area contributed by atoms with Crippen LogP contribution in [0.25, 0.3) is 11.6 Å². The van der Waals surface area contributed by atoms with Gasteiger partial charge in [0.15, 0.2) is 11.5 Å². The standard InChI is InChI=1S/C23H17Cl2NO3/c1-28-22-11-15(4-9-21(22)29-13-14-2-5-16(24)6-3-14)10-19-18-8-7-17(25)12-20(18)26-23(19)27/h2-12H,13H2,1H3,(H,26,27)/b19-10+. The fourth-order valence-corrected chi connectivity index (χ4v) is 3.41. The minimum Gasteiger partial charge on any atom is -0.493 e. The van der Waals surface area contributed by atoms with Gasteiger partial charge in [0.05, 0.1) is 12.8 Å². The second-order valence-electron chi connectivity index (χ2n) is 6.53. The highest BCUT2D eigenvalue weighted by molar-refractivity contribution is 6.36. The highest BCUT2D eigenvalue weighted by atomic mass is 35.5. The van der Waals surface area contributed by atoms with E-state index >= 15 is 0 Å². The number of benzene rings is 3. The van der Waals surface area contributed by atoms with Crippen molar-refractivity contribution in [3.63, 3.8) is 0 Å². The molecule has 4 rings (SSSR count). The Hall–Kier alpha value is -2.95. The first-order valence-corrected chi connectivity index (χ1v) is 9.67. The molecule has 0 saturated carbocycles. The van der Waals surface area contributed by atoms with E-state index in [9.17, 15) is 4.79 Å². The zero-order valence-electron chi connectivity index (χ0n) is 15.5. The minimum atomic E-state index is -0.163. The smallest absolute Gasteiger partial charge is 0.256 e. The monoisotopic (exact) mass is 425 g/mol. The zero-order valence-corrected chi connectivity index (χ0v) is 17.1. The normalized spacial score (nSPS) is 13.9. The van der Waals surface area contributed by atoms with Crippen molar-refractivity contribution < 1.29 is 14.3 Å². The molecule has 1 N–H and O–H groups in total. The Morgan fingerprint density at radius 2 is 1.69 bits per heavy atom. The molecule has 6 heteroatoms. The Bertz CT molecular complexity index is 1110. The number of hydrogen-bond acceptors (Lipinski definition) is 3. The predicted molar refractivity (Wildman–Crippen MR) is 117 cm³/mol. The fourth-order valence-electron chi connectivity index (χ4n) is 3.11. The molecule has 0 fully saturated rings. The van der Waals surface area contributed by atoms with Crippen LogP contribution in [0.15, 0.2) is 60.7 Å². The van der Waals surface area contributed by atoms with Crippen LogP contribution in [-0.2, 0) is 11.4 Å². The first-order valence-electron chi connectivity index (χ1n) is 8.92. The lowest BCUT2D eigenvalue weighted by molar-refractivity contribution is -0.110. The van der Waals surface area contributed by atoms with E-state index in [1.54, 1.807) is 19.2 Å². The molecule has 0 unspecified atom stereocenters. The molecule has 3 aromatic carbocycles. The van der Waals surface area contributed by atoms with Gasteiger partial charge >= 0.3 is 0 Å². The Morgan fingerprint density at radius 1 is 0.931 bits per heavy atom. The summed E-state index contributed by atoms with van der Waals surface area (Å²) in [6, 6.07) is 18.4. The van der Waals surface area contributed by atoms with E-state index in [0.29, 0.717) is 39.4 Å². The van der Waals surface area contributed by atoms with Gasteiger partial charge in [0, 0.05) is 21.2 Å². The van der Waals surface area contributed by atoms with Crippen LogP contribution in [-0.4, -0.2) is 13.0 Å².